The quantitative estimate of drug-likeness (QED) is 0.826. The maximum atomic E-state index is 5.96. The van der Waals surface area contributed by atoms with E-state index >= 15 is 0 Å². The van der Waals surface area contributed by atoms with Crippen molar-refractivity contribution in [1.29, 1.82) is 0 Å². The Morgan fingerprint density at radius 1 is 1.35 bits per heavy atom. The minimum atomic E-state index is 0.271. The van der Waals surface area contributed by atoms with Gasteiger partial charge in [0, 0.05) is 37.9 Å². The summed E-state index contributed by atoms with van der Waals surface area (Å²) >= 11 is 0. The summed E-state index contributed by atoms with van der Waals surface area (Å²) in [6, 6.07) is 0.271. The van der Waals surface area contributed by atoms with Crippen molar-refractivity contribution >= 4 is 0 Å². The Bertz CT molecular complexity index is 382. The Morgan fingerprint density at radius 3 is 2.47 bits per heavy atom. The third kappa shape index (κ3) is 2.36. The molecule has 1 aromatic heterocycles. The molecule has 5 nitrogen and oxygen atoms in total. The fourth-order valence-electron chi connectivity index (χ4n) is 2.61. The second-order valence-corrected chi connectivity index (χ2v) is 4.61. The van der Waals surface area contributed by atoms with Gasteiger partial charge in [0.25, 0.3) is 0 Å². The van der Waals surface area contributed by atoms with E-state index in [0.717, 1.165) is 32.0 Å². The molecule has 17 heavy (non-hydrogen) atoms. The topological polar surface area (TPSA) is 56.3 Å². The van der Waals surface area contributed by atoms with Crippen molar-refractivity contribution in [3.8, 4) is 0 Å². The molecule has 1 saturated heterocycles. The van der Waals surface area contributed by atoms with Gasteiger partial charge in [0.15, 0.2) is 0 Å². The highest BCUT2D eigenvalue weighted by Gasteiger charge is 2.26. The van der Waals surface area contributed by atoms with E-state index < -0.39 is 0 Å². The van der Waals surface area contributed by atoms with Crippen molar-refractivity contribution in [2.75, 3.05) is 32.8 Å². The van der Waals surface area contributed by atoms with Gasteiger partial charge >= 0.3 is 0 Å². The average Bonchev–Trinajstić information content (AvgIpc) is 2.58. The lowest BCUT2D eigenvalue weighted by Gasteiger charge is -2.34. The van der Waals surface area contributed by atoms with Gasteiger partial charge in [-0.15, -0.1) is 0 Å². The first kappa shape index (κ1) is 12.5. The Kier molecular flexibility index (Phi) is 3.81. The van der Waals surface area contributed by atoms with E-state index in [1.807, 2.05) is 11.7 Å². The van der Waals surface area contributed by atoms with E-state index in [-0.39, 0.29) is 6.04 Å². The van der Waals surface area contributed by atoms with Crippen LogP contribution in [0.1, 0.15) is 23.0 Å². The molecule has 2 heterocycles. The van der Waals surface area contributed by atoms with Crippen LogP contribution in [0.3, 0.4) is 0 Å². The first-order valence-corrected chi connectivity index (χ1v) is 6.17. The summed E-state index contributed by atoms with van der Waals surface area (Å²) in [5.74, 6) is 0. The van der Waals surface area contributed by atoms with Gasteiger partial charge in [-0.25, -0.2) is 0 Å². The number of nitrogens with two attached hydrogens (primary N) is 1. The fourth-order valence-corrected chi connectivity index (χ4v) is 2.61. The molecule has 96 valence electrons. The number of nitrogens with zero attached hydrogens (tertiary/aromatic N) is 3. The van der Waals surface area contributed by atoms with Crippen LogP contribution in [0.25, 0.3) is 0 Å². The smallest absolute Gasteiger partial charge is 0.0644 e. The second-order valence-electron chi connectivity index (χ2n) is 4.61. The molecule has 1 unspecified atom stereocenters. The molecule has 2 N–H and O–H groups in total. The predicted octanol–water partition coefficient (Wildman–Crippen LogP) is 0.369. The van der Waals surface area contributed by atoms with Gasteiger partial charge in [-0.2, -0.15) is 5.10 Å². The number of ether oxygens (including phenoxy) is 1. The molecule has 0 spiro atoms. The van der Waals surface area contributed by atoms with Gasteiger partial charge < -0.3 is 10.5 Å². The third-order valence-corrected chi connectivity index (χ3v) is 3.61. The summed E-state index contributed by atoms with van der Waals surface area (Å²) in [7, 11) is 1.98. The second kappa shape index (κ2) is 5.16. The molecule has 0 saturated carbocycles. The van der Waals surface area contributed by atoms with Gasteiger partial charge in [-0.3, -0.25) is 9.58 Å². The molecule has 1 aromatic rings. The lowest BCUT2D eigenvalue weighted by Crippen LogP contribution is -2.42. The van der Waals surface area contributed by atoms with Gasteiger partial charge in [0.05, 0.1) is 24.9 Å². The zero-order valence-corrected chi connectivity index (χ0v) is 10.9. The van der Waals surface area contributed by atoms with E-state index in [1.54, 1.807) is 0 Å². The minimum absolute atomic E-state index is 0.271. The monoisotopic (exact) mass is 238 g/mol. The molecule has 0 amide bonds. The first-order chi connectivity index (χ1) is 8.15. The minimum Gasteiger partial charge on any atom is -0.379 e. The van der Waals surface area contributed by atoms with Crippen molar-refractivity contribution in [2.45, 2.75) is 19.9 Å². The number of rotatable bonds is 3. The van der Waals surface area contributed by atoms with Gasteiger partial charge in [0.1, 0.15) is 0 Å². The zero-order chi connectivity index (χ0) is 12.4. The maximum absolute atomic E-state index is 5.96. The molecule has 0 aliphatic carbocycles. The van der Waals surface area contributed by atoms with Crippen LogP contribution in [0, 0.1) is 13.8 Å². The van der Waals surface area contributed by atoms with Crippen LogP contribution in [0.2, 0.25) is 0 Å². The summed E-state index contributed by atoms with van der Waals surface area (Å²) in [4.78, 5) is 2.40. The summed E-state index contributed by atoms with van der Waals surface area (Å²) in [5, 5.41) is 4.48. The third-order valence-electron chi connectivity index (χ3n) is 3.61. The highest BCUT2D eigenvalue weighted by Crippen LogP contribution is 2.26. The van der Waals surface area contributed by atoms with Crippen molar-refractivity contribution in [1.82, 2.24) is 14.7 Å². The molecule has 0 aromatic carbocycles. The Hall–Kier alpha value is -0.910. The largest absolute Gasteiger partial charge is 0.379 e. The van der Waals surface area contributed by atoms with E-state index in [1.165, 1.54) is 11.3 Å². The number of hydrogen-bond acceptors (Lipinski definition) is 4. The SMILES string of the molecule is Cc1nn(C)c(C)c1C(CN)N1CCOCC1. The molecule has 1 fully saturated rings. The summed E-state index contributed by atoms with van der Waals surface area (Å²) in [6.07, 6.45) is 0. The van der Waals surface area contributed by atoms with Crippen molar-refractivity contribution in [3.05, 3.63) is 17.0 Å². The number of aryl methyl sites for hydroxylation is 2. The number of aromatic nitrogens is 2. The Balaban J connectivity index is 2.27. The molecule has 1 aliphatic rings. The van der Waals surface area contributed by atoms with Crippen LogP contribution in [0.15, 0.2) is 0 Å². The molecule has 1 aliphatic heterocycles. The number of morpholine rings is 1. The summed E-state index contributed by atoms with van der Waals surface area (Å²) in [6.45, 7) is 8.31. The molecule has 5 heteroatoms. The van der Waals surface area contributed by atoms with Crippen molar-refractivity contribution in [2.24, 2.45) is 12.8 Å². The Labute approximate surface area is 103 Å². The average molecular weight is 238 g/mol. The van der Waals surface area contributed by atoms with Crippen molar-refractivity contribution < 1.29 is 4.74 Å². The zero-order valence-electron chi connectivity index (χ0n) is 10.9. The van der Waals surface area contributed by atoms with E-state index in [4.69, 9.17) is 10.5 Å². The molecular formula is C12H22N4O. The van der Waals surface area contributed by atoms with E-state index in [9.17, 15) is 0 Å². The maximum Gasteiger partial charge on any atom is 0.0644 e. The molecule has 1 atom stereocenters. The van der Waals surface area contributed by atoms with Crippen LogP contribution in [-0.2, 0) is 11.8 Å². The van der Waals surface area contributed by atoms with Crippen LogP contribution >= 0.6 is 0 Å². The van der Waals surface area contributed by atoms with Crippen molar-refractivity contribution in [3.63, 3.8) is 0 Å². The molecule has 2 rings (SSSR count). The van der Waals surface area contributed by atoms with Gasteiger partial charge in [-0.05, 0) is 13.8 Å². The summed E-state index contributed by atoms with van der Waals surface area (Å²) < 4.78 is 7.33. The van der Waals surface area contributed by atoms with Crippen LogP contribution in [-0.4, -0.2) is 47.5 Å². The Morgan fingerprint density at radius 2 is 2.00 bits per heavy atom. The van der Waals surface area contributed by atoms with Gasteiger partial charge in [-0.1, -0.05) is 0 Å². The standard InChI is InChI=1S/C12H22N4O/c1-9-12(10(2)15(3)14-9)11(8-13)16-4-6-17-7-5-16/h11H,4-8,13H2,1-3H3. The molecular weight excluding hydrogens is 216 g/mol. The molecule has 0 bridgehead atoms. The lowest BCUT2D eigenvalue weighted by atomic mass is 10.0. The highest BCUT2D eigenvalue weighted by atomic mass is 16.5. The van der Waals surface area contributed by atoms with Crippen LogP contribution in [0.5, 0.6) is 0 Å². The molecule has 0 radical (unpaired) electrons. The summed E-state index contributed by atoms with van der Waals surface area (Å²) in [5.41, 5.74) is 9.55. The fraction of sp³-hybridized carbons (Fsp3) is 0.750. The van der Waals surface area contributed by atoms with Crippen LogP contribution < -0.4 is 5.73 Å². The lowest BCUT2D eigenvalue weighted by molar-refractivity contribution is 0.0176. The van der Waals surface area contributed by atoms with E-state index in [2.05, 4.69) is 23.8 Å². The van der Waals surface area contributed by atoms with E-state index in [0.29, 0.717) is 6.54 Å². The predicted molar refractivity (Wildman–Crippen MR) is 66.9 cm³/mol. The highest BCUT2D eigenvalue weighted by molar-refractivity contribution is 5.28. The van der Waals surface area contributed by atoms with Gasteiger partial charge in [0.2, 0.25) is 0 Å². The normalized spacial score (nSPS) is 19.5. The number of hydrogen-bond donors (Lipinski definition) is 1. The first-order valence-electron chi connectivity index (χ1n) is 6.17. The van der Waals surface area contributed by atoms with Crippen LogP contribution in [0.4, 0.5) is 0 Å².